The van der Waals surface area contributed by atoms with E-state index >= 15 is 0 Å². The molecule has 2 N–H and O–H groups in total. The van der Waals surface area contributed by atoms with E-state index in [2.05, 4.69) is 44.9 Å². The maximum absolute atomic E-state index is 12.6. The summed E-state index contributed by atoms with van der Waals surface area (Å²) < 4.78 is 5.63. The molecule has 0 amide bonds. The van der Waals surface area contributed by atoms with E-state index in [1.165, 1.54) is 5.57 Å². The van der Waals surface area contributed by atoms with Crippen molar-refractivity contribution in [3.63, 3.8) is 0 Å². The van der Waals surface area contributed by atoms with Crippen LogP contribution in [0.2, 0.25) is 0 Å². The summed E-state index contributed by atoms with van der Waals surface area (Å²) in [4.78, 5) is 26.9. The molecule has 0 aromatic carbocycles. The van der Waals surface area contributed by atoms with Gasteiger partial charge in [-0.1, -0.05) is 44.0 Å². The first-order valence-electron chi connectivity index (χ1n) is 11.7. The molecule has 1 aliphatic rings. The molecular formula is C27H35N5O2. The van der Waals surface area contributed by atoms with Gasteiger partial charge >= 0.3 is 0 Å². The van der Waals surface area contributed by atoms with E-state index in [1.54, 1.807) is 24.4 Å². The molecular weight excluding hydrogens is 426 g/mol. The minimum atomic E-state index is -0.186. The van der Waals surface area contributed by atoms with Crippen LogP contribution in [0.5, 0.6) is 0 Å². The lowest BCUT2D eigenvalue weighted by Gasteiger charge is -2.32. The van der Waals surface area contributed by atoms with Crippen LogP contribution in [0.25, 0.3) is 10.9 Å². The van der Waals surface area contributed by atoms with Gasteiger partial charge in [0.1, 0.15) is 17.9 Å². The number of H-pyrrole nitrogens is 1. The van der Waals surface area contributed by atoms with Gasteiger partial charge in [-0.2, -0.15) is 0 Å². The monoisotopic (exact) mass is 461 g/mol. The summed E-state index contributed by atoms with van der Waals surface area (Å²) in [6.07, 6.45) is 13.1. The van der Waals surface area contributed by atoms with Crippen LogP contribution in [0.3, 0.4) is 0 Å². The summed E-state index contributed by atoms with van der Waals surface area (Å²) in [5.41, 5.74) is 2.40. The predicted octanol–water partition coefficient (Wildman–Crippen LogP) is 4.02. The fraction of sp³-hybridized carbons (Fsp3) is 0.370. The molecule has 7 nitrogen and oxygen atoms in total. The molecule has 3 rings (SSSR count). The number of aromatic nitrogens is 3. The van der Waals surface area contributed by atoms with Crippen LogP contribution >= 0.6 is 0 Å². The minimum absolute atomic E-state index is 0.178. The Morgan fingerprint density at radius 1 is 1.26 bits per heavy atom. The molecule has 0 atom stereocenters. The lowest BCUT2D eigenvalue weighted by atomic mass is 9.96. The largest absolute Gasteiger partial charge is 0.490 e. The van der Waals surface area contributed by atoms with Gasteiger partial charge in [-0.15, -0.1) is 0 Å². The van der Waals surface area contributed by atoms with Crippen molar-refractivity contribution >= 4 is 10.9 Å². The van der Waals surface area contributed by atoms with Crippen molar-refractivity contribution in [3.8, 4) is 0 Å². The van der Waals surface area contributed by atoms with E-state index in [4.69, 9.17) is 4.74 Å². The molecule has 1 saturated heterocycles. The number of hydrogen-bond acceptors (Lipinski definition) is 6. The Kier molecular flexibility index (Phi) is 9.55. The molecule has 34 heavy (non-hydrogen) atoms. The van der Waals surface area contributed by atoms with Crippen molar-refractivity contribution < 1.29 is 4.74 Å². The van der Waals surface area contributed by atoms with Gasteiger partial charge in [-0.25, -0.2) is 4.98 Å². The standard InChI is InChI=1S/C27H35N5O2/c1-5-8-20(4)34-19-25-30-26-23(27(33)31-25)10-13-29-24(26)17-28-16-22-11-14-32(15-12-22)18-21(7-3)9-6-2/h5-10,13,22,28H,1-3,11-12,14-19H2,4H3,(H,30,31,33)/b20-8+,21-9+. The zero-order valence-corrected chi connectivity index (χ0v) is 20.1. The van der Waals surface area contributed by atoms with Crippen LogP contribution < -0.4 is 10.9 Å². The van der Waals surface area contributed by atoms with Crippen molar-refractivity contribution in [2.45, 2.75) is 32.9 Å². The Bertz CT molecular complexity index is 1120. The Morgan fingerprint density at radius 2 is 2.03 bits per heavy atom. The van der Waals surface area contributed by atoms with E-state index in [1.807, 2.05) is 25.2 Å². The summed E-state index contributed by atoms with van der Waals surface area (Å²) in [6.45, 7) is 17.9. The summed E-state index contributed by atoms with van der Waals surface area (Å²) in [5.74, 6) is 1.79. The number of likely N-dealkylation sites (tertiary alicyclic amines) is 1. The van der Waals surface area contributed by atoms with Crippen molar-refractivity contribution in [1.82, 2.24) is 25.2 Å². The second-order valence-corrected chi connectivity index (χ2v) is 8.50. The zero-order chi connectivity index (χ0) is 24.3. The highest BCUT2D eigenvalue weighted by Gasteiger charge is 2.19. The Labute approximate surface area is 201 Å². The summed E-state index contributed by atoms with van der Waals surface area (Å²) in [5, 5.41) is 4.07. The number of fused-ring (bicyclic) bond motifs is 1. The molecule has 7 heteroatoms. The molecule has 1 fully saturated rings. The number of allylic oxidation sites excluding steroid dienone is 5. The third kappa shape index (κ3) is 7.10. The highest BCUT2D eigenvalue weighted by atomic mass is 16.5. The number of aromatic amines is 1. The fourth-order valence-electron chi connectivity index (χ4n) is 4.10. The van der Waals surface area contributed by atoms with Crippen LogP contribution in [-0.4, -0.2) is 46.0 Å². The van der Waals surface area contributed by atoms with E-state index in [-0.39, 0.29) is 12.2 Å². The van der Waals surface area contributed by atoms with Gasteiger partial charge in [0.25, 0.3) is 5.56 Å². The second-order valence-electron chi connectivity index (χ2n) is 8.50. The molecule has 0 aliphatic carbocycles. The average molecular weight is 462 g/mol. The summed E-state index contributed by atoms with van der Waals surface area (Å²) >= 11 is 0. The molecule has 180 valence electrons. The smallest absolute Gasteiger partial charge is 0.258 e. The lowest BCUT2D eigenvalue weighted by molar-refractivity contribution is 0.193. The third-order valence-electron chi connectivity index (χ3n) is 5.97. The number of pyridine rings is 1. The maximum atomic E-state index is 12.6. The van der Waals surface area contributed by atoms with Gasteiger partial charge in [0.2, 0.25) is 0 Å². The number of nitrogens with one attached hydrogen (secondary N) is 2. The van der Waals surface area contributed by atoms with Crippen LogP contribution in [-0.2, 0) is 17.9 Å². The molecule has 2 aromatic rings. The van der Waals surface area contributed by atoms with Gasteiger partial charge in [0, 0.05) is 19.3 Å². The van der Waals surface area contributed by atoms with Crippen molar-refractivity contribution in [3.05, 3.63) is 95.6 Å². The van der Waals surface area contributed by atoms with Crippen LogP contribution in [0.15, 0.2) is 78.5 Å². The topological polar surface area (TPSA) is 83.1 Å². The second kappa shape index (κ2) is 12.8. The van der Waals surface area contributed by atoms with E-state index < -0.39 is 0 Å². The summed E-state index contributed by atoms with van der Waals surface area (Å²) in [6, 6.07) is 1.70. The first-order chi connectivity index (χ1) is 16.5. The van der Waals surface area contributed by atoms with Crippen LogP contribution in [0, 0.1) is 5.92 Å². The molecule has 1 aliphatic heterocycles. The number of hydrogen-bond donors (Lipinski definition) is 2. The lowest BCUT2D eigenvalue weighted by Crippen LogP contribution is -2.38. The van der Waals surface area contributed by atoms with Gasteiger partial charge in [0.15, 0.2) is 0 Å². The normalized spacial score (nSPS) is 15.9. The first kappa shape index (κ1) is 25.3. The SMILES string of the molecule is C=C/C=C(\C=C)CN1CCC(CNCc2nccc3c(=O)[nH]c(CO/C(C)=C/C=C)nc23)CC1. The quantitative estimate of drug-likeness (QED) is 0.367. The number of rotatable bonds is 12. The number of ether oxygens (including phenoxy) is 1. The third-order valence-corrected chi connectivity index (χ3v) is 5.97. The first-order valence-corrected chi connectivity index (χ1v) is 11.7. The number of nitrogens with zero attached hydrogens (tertiary/aromatic N) is 3. The fourth-order valence-corrected chi connectivity index (χ4v) is 4.10. The molecule has 0 spiro atoms. The zero-order valence-electron chi connectivity index (χ0n) is 20.1. The Hall–Kier alpha value is -3.29. The Morgan fingerprint density at radius 3 is 2.74 bits per heavy atom. The van der Waals surface area contributed by atoms with Gasteiger partial charge in [0.05, 0.1) is 16.8 Å². The maximum Gasteiger partial charge on any atom is 0.258 e. The predicted molar refractivity (Wildman–Crippen MR) is 138 cm³/mol. The number of piperidine rings is 1. The average Bonchev–Trinajstić information content (AvgIpc) is 2.84. The Balaban J connectivity index is 1.57. The van der Waals surface area contributed by atoms with Crippen LogP contribution in [0.4, 0.5) is 0 Å². The van der Waals surface area contributed by atoms with Gasteiger partial charge in [-0.3, -0.25) is 14.7 Å². The highest BCUT2D eigenvalue weighted by molar-refractivity contribution is 5.79. The summed E-state index contributed by atoms with van der Waals surface area (Å²) in [7, 11) is 0. The molecule has 0 radical (unpaired) electrons. The highest BCUT2D eigenvalue weighted by Crippen LogP contribution is 2.18. The van der Waals surface area contributed by atoms with E-state index in [0.29, 0.717) is 34.9 Å². The minimum Gasteiger partial charge on any atom is -0.490 e. The molecule has 3 heterocycles. The van der Waals surface area contributed by atoms with Gasteiger partial charge < -0.3 is 15.0 Å². The molecule has 0 saturated carbocycles. The molecule has 0 unspecified atom stereocenters. The van der Waals surface area contributed by atoms with Crippen LogP contribution in [0.1, 0.15) is 31.3 Å². The molecule has 2 aromatic heterocycles. The van der Waals surface area contributed by atoms with Crippen molar-refractivity contribution in [1.29, 1.82) is 0 Å². The van der Waals surface area contributed by atoms with E-state index in [9.17, 15) is 4.79 Å². The van der Waals surface area contributed by atoms with E-state index in [0.717, 1.165) is 44.7 Å². The van der Waals surface area contributed by atoms with Crippen molar-refractivity contribution in [2.75, 3.05) is 26.2 Å². The van der Waals surface area contributed by atoms with Gasteiger partial charge in [-0.05, 0) is 63.0 Å². The molecule has 0 bridgehead atoms. The van der Waals surface area contributed by atoms with Crippen molar-refractivity contribution in [2.24, 2.45) is 5.92 Å².